The molecule has 3 N–H and O–H groups in total. The molecule has 0 aliphatic rings. The van der Waals surface area contributed by atoms with E-state index in [9.17, 15) is 9.90 Å². The fraction of sp³-hybridized carbons (Fsp3) is 0.643. The number of hydrogen-bond donors (Lipinski definition) is 3. The monoisotopic (exact) mass is 284 g/mol. The van der Waals surface area contributed by atoms with Crippen molar-refractivity contribution < 1.29 is 9.90 Å². The van der Waals surface area contributed by atoms with Crippen molar-refractivity contribution in [1.82, 2.24) is 10.6 Å². The largest absolute Gasteiger partial charge is 0.392 e. The Morgan fingerprint density at radius 2 is 2.11 bits per heavy atom. The first-order chi connectivity index (χ1) is 8.83. The molecule has 1 aromatic heterocycles. The Kier molecular flexibility index (Phi) is 5.82. The van der Waals surface area contributed by atoms with Gasteiger partial charge in [-0.15, -0.1) is 0 Å². The van der Waals surface area contributed by atoms with Crippen molar-refractivity contribution in [3.05, 3.63) is 22.4 Å². The summed E-state index contributed by atoms with van der Waals surface area (Å²) in [4.78, 5) is 11.7. The summed E-state index contributed by atoms with van der Waals surface area (Å²) in [6, 6.07) is 1.78. The second kappa shape index (κ2) is 6.91. The summed E-state index contributed by atoms with van der Waals surface area (Å²) in [5, 5.41) is 19.7. The second-order valence-corrected chi connectivity index (χ2v) is 6.63. The first-order valence-corrected chi connectivity index (χ1v) is 7.48. The molecule has 19 heavy (non-hydrogen) atoms. The van der Waals surface area contributed by atoms with Crippen LogP contribution in [0.3, 0.4) is 0 Å². The van der Waals surface area contributed by atoms with Gasteiger partial charge in [-0.1, -0.05) is 27.7 Å². The van der Waals surface area contributed by atoms with Crippen molar-refractivity contribution in [2.45, 2.75) is 40.3 Å². The number of rotatable bonds is 6. The highest BCUT2D eigenvalue weighted by Gasteiger charge is 2.30. The van der Waals surface area contributed by atoms with Crippen molar-refractivity contribution in [2.75, 3.05) is 6.54 Å². The van der Waals surface area contributed by atoms with E-state index in [1.54, 1.807) is 11.3 Å². The van der Waals surface area contributed by atoms with Gasteiger partial charge in [0.1, 0.15) is 0 Å². The minimum absolute atomic E-state index is 0.172. The van der Waals surface area contributed by atoms with Crippen LogP contribution in [-0.4, -0.2) is 23.8 Å². The number of thiophene rings is 1. The number of aliphatic hydroxyl groups excluding tert-OH is 1. The van der Waals surface area contributed by atoms with Crippen LogP contribution in [0.25, 0.3) is 0 Å². The fourth-order valence-electron chi connectivity index (χ4n) is 1.95. The maximum absolute atomic E-state index is 11.7. The predicted molar refractivity (Wildman–Crippen MR) is 79.2 cm³/mol. The first kappa shape index (κ1) is 16.0. The Morgan fingerprint density at radius 1 is 1.42 bits per heavy atom. The van der Waals surface area contributed by atoms with Gasteiger partial charge in [-0.3, -0.25) is 0 Å². The maximum Gasteiger partial charge on any atom is 0.315 e. The number of urea groups is 1. The normalized spacial score (nSPS) is 13.4. The van der Waals surface area contributed by atoms with Crippen LogP contribution >= 0.6 is 11.3 Å². The lowest BCUT2D eigenvalue weighted by Crippen LogP contribution is -2.46. The molecule has 1 heterocycles. The molecule has 0 aliphatic carbocycles. The van der Waals surface area contributed by atoms with Crippen LogP contribution < -0.4 is 10.6 Å². The third kappa shape index (κ3) is 5.20. The van der Waals surface area contributed by atoms with E-state index >= 15 is 0 Å². The van der Waals surface area contributed by atoms with E-state index in [-0.39, 0.29) is 17.4 Å². The zero-order valence-corrected chi connectivity index (χ0v) is 12.9. The number of carbonyl (C=O) groups is 1. The van der Waals surface area contributed by atoms with Gasteiger partial charge in [0.2, 0.25) is 0 Å². The quantitative estimate of drug-likeness (QED) is 0.752. The van der Waals surface area contributed by atoms with Gasteiger partial charge >= 0.3 is 6.03 Å². The summed E-state index contributed by atoms with van der Waals surface area (Å²) in [5.74, 6) is 0.172. The molecule has 2 amide bonds. The highest BCUT2D eigenvalue weighted by molar-refractivity contribution is 7.07. The number of nitrogens with one attached hydrogen (secondary N) is 2. The minimum Gasteiger partial charge on any atom is -0.392 e. The Bertz CT molecular complexity index is 388. The van der Waals surface area contributed by atoms with E-state index < -0.39 is 6.10 Å². The standard InChI is InChI=1S/C14H24N2O2S/c1-10(2)12(17)14(3,4)9-16-13(18)15-7-11-5-6-19-8-11/h5-6,8,10,12,17H,7,9H2,1-4H3,(H2,15,16,18)/t12-/m1/s1. The molecule has 1 atom stereocenters. The molecule has 0 aromatic carbocycles. The molecule has 0 fully saturated rings. The Morgan fingerprint density at radius 3 is 2.63 bits per heavy atom. The van der Waals surface area contributed by atoms with Gasteiger partial charge in [-0.2, -0.15) is 11.3 Å². The predicted octanol–water partition coefficient (Wildman–Crippen LogP) is 2.59. The Labute approximate surface area is 119 Å². The Hall–Kier alpha value is -1.07. The SMILES string of the molecule is CC(C)[C@@H](O)C(C)(C)CNC(=O)NCc1ccsc1. The molecule has 1 aromatic rings. The van der Waals surface area contributed by atoms with Gasteiger partial charge in [0, 0.05) is 18.5 Å². The zero-order chi connectivity index (χ0) is 14.5. The topological polar surface area (TPSA) is 61.4 Å². The third-order valence-corrected chi connectivity index (χ3v) is 3.90. The highest BCUT2D eigenvalue weighted by Crippen LogP contribution is 2.24. The van der Waals surface area contributed by atoms with Gasteiger partial charge in [-0.25, -0.2) is 4.79 Å². The van der Waals surface area contributed by atoms with Gasteiger partial charge < -0.3 is 15.7 Å². The lowest BCUT2D eigenvalue weighted by atomic mass is 9.81. The van der Waals surface area contributed by atoms with E-state index in [1.807, 2.05) is 44.5 Å². The average molecular weight is 284 g/mol. The lowest BCUT2D eigenvalue weighted by Gasteiger charge is -2.33. The molecule has 108 valence electrons. The van der Waals surface area contributed by atoms with Gasteiger partial charge in [-0.05, 0) is 28.3 Å². The number of carbonyl (C=O) groups excluding carboxylic acids is 1. The van der Waals surface area contributed by atoms with Gasteiger partial charge in [0.25, 0.3) is 0 Å². The molecule has 0 radical (unpaired) electrons. The van der Waals surface area contributed by atoms with Crippen LogP contribution in [0.2, 0.25) is 0 Å². The minimum atomic E-state index is -0.440. The average Bonchev–Trinajstić information content (AvgIpc) is 2.86. The zero-order valence-electron chi connectivity index (χ0n) is 12.1. The summed E-state index contributed by atoms with van der Waals surface area (Å²) in [5.41, 5.74) is 0.759. The summed E-state index contributed by atoms with van der Waals surface area (Å²) in [7, 11) is 0. The molecule has 0 saturated carbocycles. The van der Waals surface area contributed by atoms with Crippen LogP contribution in [0.4, 0.5) is 4.79 Å². The second-order valence-electron chi connectivity index (χ2n) is 5.85. The summed E-state index contributed by atoms with van der Waals surface area (Å²) in [6.45, 7) is 8.84. The van der Waals surface area contributed by atoms with Crippen molar-refractivity contribution >= 4 is 17.4 Å². The molecule has 0 aliphatic heterocycles. The Balaban J connectivity index is 2.33. The van der Waals surface area contributed by atoms with Crippen LogP contribution in [0, 0.1) is 11.3 Å². The molecule has 4 nitrogen and oxygen atoms in total. The molecular formula is C14H24N2O2S. The van der Waals surface area contributed by atoms with Crippen LogP contribution in [-0.2, 0) is 6.54 Å². The summed E-state index contributed by atoms with van der Waals surface area (Å²) < 4.78 is 0. The van der Waals surface area contributed by atoms with E-state index in [0.29, 0.717) is 13.1 Å². The van der Waals surface area contributed by atoms with E-state index in [2.05, 4.69) is 10.6 Å². The molecular weight excluding hydrogens is 260 g/mol. The van der Waals surface area contributed by atoms with Gasteiger partial charge in [0.05, 0.1) is 6.10 Å². The summed E-state index contributed by atoms with van der Waals surface area (Å²) in [6.07, 6.45) is -0.440. The summed E-state index contributed by atoms with van der Waals surface area (Å²) >= 11 is 1.61. The van der Waals surface area contributed by atoms with Crippen LogP contribution in [0.5, 0.6) is 0 Å². The fourth-order valence-corrected chi connectivity index (χ4v) is 2.62. The smallest absolute Gasteiger partial charge is 0.315 e. The molecule has 0 bridgehead atoms. The maximum atomic E-state index is 11.7. The van der Waals surface area contributed by atoms with Crippen LogP contribution in [0.15, 0.2) is 16.8 Å². The number of amides is 2. The van der Waals surface area contributed by atoms with Crippen molar-refractivity contribution in [1.29, 1.82) is 0 Å². The van der Waals surface area contributed by atoms with E-state index in [1.165, 1.54) is 0 Å². The lowest BCUT2D eigenvalue weighted by molar-refractivity contribution is 0.0151. The molecule has 0 unspecified atom stereocenters. The van der Waals surface area contributed by atoms with Gasteiger partial charge in [0.15, 0.2) is 0 Å². The molecule has 0 saturated heterocycles. The van der Waals surface area contributed by atoms with Crippen molar-refractivity contribution in [3.63, 3.8) is 0 Å². The first-order valence-electron chi connectivity index (χ1n) is 6.54. The van der Waals surface area contributed by atoms with Crippen LogP contribution in [0.1, 0.15) is 33.3 Å². The van der Waals surface area contributed by atoms with E-state index in [4.69, 9.17) is 0 Å². The van der Waals surface area contributed by atoms with E-state index in [0.717, 1.165) is 5.56 Å². The number of aliphatic hydroxyl groups is 1. The number of hydrogen-bond acceptors (Lipinski definition) is 3. The van der Waals surface area contributed by atoms with Crippen molar-refractivity contribution in [2.24, 2.45) is 11.3 Å². The molecule has 1 rings (SSSR count). The third-order valence-electron chi connectivity index (χ3n) is 3.17. The molecule has 0 spiro atoms. The molecule has 5 heteroatoms. The van der Waals surface area contributed by atoms with Crippen molar-refractivity contribution in [3.8, 4) is 0 Å². The highest BCUT2D eigenvalue weighted by atomic mass is 32.1.